The number of halogens is 2. The molecular weight excluding hydrogens is 277 g/mol. The van der Waals surface area contributed by atoms with Gasteiger partial charge in [-0.15, -0.1) is 0 Å². The third-order valence-corrected chi connectivity index (χ3v) is 3.31. The van der Waals surface area contributed by atoms with Crippen LogP contribution in [0.15, 0.2) is 12.1 Å². The summed E-state index contributed by atoms with van der Waals surface area (Å²) in [6, 6.07) is 3.06. The average molecular weight is 286 g/mol. The number of rotatable bonds is 2. The van der Waals surface area contributed by atoms with E-state index < -0.39 is 5.97 Å². The lowest BCUT2D eigenvalue weighted by Gasteiger charge is -2.05. The molecule has 7 heteroatoms. The molecule has 0 amide bonds. The number of aromatic carboxylic acids is 1. The fourth-order valence-electron chi connectivity index (χ4n) is 1.55. The molecule has 0 aliphatic rings. The standard InChI is InChI=1S/C11H9Cl2N3O2/c1-5-9(13)6(2)16(15-5)8-4-3-7(12)10(14-8)11(17)18/h3-4H,1-2H3,(H,17,18). The Labute approximate surface area is 113 Å². The van der Waals surface area contributed by atoms with Crippen molar-refractivity contribution in [3.8, 4) is 5.82 Å². The topological polar surface area (TPSA) is 68.0 Å². The monoisotopic (exact) mass is 285 g/mol. The maximum absolute atomic E-state index is 11.0. The first-order valence-electron chi connectivity index (χ1n) is 5.03. The van der Waals surface area contributed by atoms with Crippen molar-refractivity contribution in [1.82, 2.24) is 14.8 Å². The van der Waals surface area contributed by atoms with E-state index in [2.05, 4.69) is 10.1 Å². The molecule has 0 spiro atoms. The van der Waals surface area contributed by atoms with E-state index in [0.29, 0.717) is 22.2 Å². The number of carbonyl (C=O) groups is 1. The number of aromatic nitrogens is 3. The minimum atomic E-state index is -1.19. The van der Waals surface area contributed by atoms with E-state index in [1.165, 1.54) is 10.7 Å². The quantitative estimate of drug-likeness (QED) is 0.921. The Balaban J connectivity index is 2.61. The Kier molecular flexibility index (Phi) is 3.28. The van der Waals surface area contributed by atoms with Gasteiger partial charge >= 0.3 is 5.97 Å². The van der Waals surface area contributed by atoms with Crippen molar-refractivity contribution >= 4 is 29.2 Å². The van der Waals surface area contributed by atoms with Crippen molar-refractivity contribution in [3.05, 3.63) is 39.3 Å². The van der Waals surface area contributed by atoms with Crippen molar-refractivity contribution in [3.63, 3.8) is 0 Å². The summed E-state index contributed by atoms with van der Waals surface area (Å²) in [6.07, 6.45) is 0. The van der Waals surface area contributed by atoms with E-state index in [4.69, 9.17) is 28.3 Å². The summed E-state index contributed by atoms with van der Waals surface area (Å²) in [7, 11) is 0. The Hall–Kier alpha value is -1.59. The molecule has 1 N–H and O–H groups in total. The summed E-state index contributed by atoms with van der Waals surface area (Å²) in [5.74, 6) is -0.821. The SMILES string of the molecule is Cc1nn(-c2ccc(Cl)c(C(=O)O)n2)c(C)c1Cl. The molecule has 0 radical (unpaired) electrons. The van der Waals surface area contributed by atoms with Gasteiger partial charge in [-0.05, 0) is 26.0 Å². The third-order valence-electron chi connectivity index (χ3n) is 2.45. The van der Waals surface area contributed by atoms with Crippen molar-refractivity contribution in [2.45, 2.75) is 13.8 Å². The Morgan fingerprint density at radius 3 is 2.50 bits per heavy atom. The molecule has 2 heterocycles. The molecule has 0 bridgehead atoms. The Morgan fingerprint density at radius 2 is 2.00 bits per heavy atom. The lowest BCUT2D eigenvalue weighted by Crippen LogP contribution is -2.08. The van der Waals surface area contributed by atoms with Gasteiger partial charge in [-0.25, -0.2) is 14.5 Å². The molecule has 0 aliphatic carbocycles. The van der Waals surface area contributed by atoms with Crippen LogP contribution in [0.3, 0.4) is 0 Å². The molecule has 5 nitrogen and oxygen atoms in total. The molecule has 2 aromatic rings. The predicted octanol–water partition coefficient (Wildman–Crippen LogP) is 2.89. The van der Waals surface area contributed by atoms with Gasteiger partial charge in [0.2, 0.25) is 0 Å². The van der Waals surface area contributed by atoms with E-state index >= 15 is 0 Å². The first-order chi connectivity index (χ1) is 8.41. The smallest absolute Gasteiger partial charge is 0.356 e. The van der Waals surface area contributed by atoms with Gasteiger partial charge in [-0.3, -0.25) is 0 Å². The summed E-state index contributed by atoms with van der Waals surface area (Å²) < 4.78 is 1.49. The summed E-state index contributed by atoms with van der Waals surface area (Å²) >= 11 is 11.8. The van der Waals surface area contributed by atoms with Crippen LogP contribution in [0.25, 0.3) is 5.82 Å². The number of carboxylic acids is 1. The van der Waals surface area contributed by atoms with Gasteiger partial charge in [0.15, 0.2) is 11.5 Å². The first-order valence-corrected chi connectivity index (χ1v) is 5.79. The van der Waals surface area contributed by atoms with Crippen molar-refractivity contribution in [2.24, 2.45) is 0 Å². The van der Waals surface area contributed by atoms with Gasteiger partial charge in [0, 0.05) is 0 Å². The minimum absolute atomic E-state index is 0.0823. The number of carboxylic acid groups (broad SMARTS) is 1. The minimum Gasteiger partial charge on any atom is -0.476 e. The lowest BCUT2D eigenvalue weighted by molar-refractivity contribution is 0.0690. The molecule has 0 aliphatic heterocycles. The van der Waals surface area contributed by atoms with Crippen molar-refractivity contribution in [1.29, 1.82) is 0 Å². The normalized spacial score (nSPS) is 10.7. The molecule has 2 aromatic heterocycles. The van der Waals surface area contributed by atoms with Crippen molar-refractivity contribution < 1.29 is 9.90 Å². The van der Waals surface area contributed by atoms with E-state index in [1.807, 2.05) is 0 Å². The highest BCUT2D eigenvalue weighted by molar-refractivity contribution is 6.33. The molecule has 0 saturated heterocycles. The Bertz CT molecular complexity index is 637. The predicted molar refractivity (Wildman–Crippen MR) is 67.8 cm³/mol. The number of hydrogen-bond donors (Lipinski definition) is 1. The second-order valence-corrected chi connectivity index (χ2v) is 4.49. The maximum Gasteiger partial charge on any atom is 0.356 e. The first kappa shape index (κ1) is 12.9. The van der Waals surface area contributed by atoms with Gasteiger partial charge < -0.3 is 5.11 Å². The number of nitrogens with zero attached hydrogens (tertiary/aromatic N) is 3. The van der Waals surface area contributed by atoms with Crippen molar-refractivity contribution in [2.75, 3.05) is 0 Å². The lowest BCUT2D eigenvalue weighted by atomic mass is 10.3. The highest BCUT2D eigenvalue weighted by Gasteiger charge is 2.16. The van der Waals surface area contributed by atoms with E-state index in [9.17, 15) is 4.79 Å². The summed E-state index contributed by atoms with van der Waals surface area (Å²) in [6.45, 7) is 3.54. The zero-order valence-corrected chi connectivity index (χ0v) is 11.1. The molecular formula is C11H9Cl2N3O2. The van der Waals surface area contributed by atoms with Crippen LogP contribution in [-0.2, 0) is 0 Å². The van der Waals surface area contributed by atoms with Gasteiger partial charge in [0.05, 0.1) is 21.4 Å². The highest BCUT2D eigenvalue weighted by Crippen LogP contribution is 2.23. The second-order valence-electron chi connectivity index (χ2n) is 3.70. The van der Waals surface area contributed by atoms with E-state index in [0.717, 1.165) is 0 Å². The van der Waals surface area contributed by atoms with Gasteiger partial charge in [0.1, 0.15) is 0 Å². The van der Waals surface area contributed by atoms with Crippen LogP contribution >= 0.6 is 23.2 Å². The number of pyridine rings is 1. The third kappa shape index (κ3) is 2.07. The molecule has 0 saturated carbocycles. The van der Waals surface area contributed by atoms with Crippen LogP contribution in [0.4, 0.5) is 0 Å². The molecule has 0 unspecified atom stereocenters. The van der Waals surface area contributed by atoms with Crippen LogP contribution in [-0.4, -0.2) is 25.8 Å². The fourth-order valence-corrected chi connectivity index (χ4v) is 1.85. The molecule has 2 rings (SSSR count). The van der Waals surface area contributed by atoms with Gasteiger partial charge in [-0.2, -0.15) is 5.10 Å². The molecule has 0 aromatic carbocycles. The van der Waals surface area contributed by atoms with Crippen LogP contribution in [0, 0.1) is 13.8 Å². The molecule has 94 valence electrons. The number of hydrogen-bond acceptors (Lipinski definition) is 3. The average Bonchev–Trinajstić information content (AvgIpc) is 2.57. The Morgan fingerprint density at radius 1 is 1.33 bits per heavy atom. The molecule has 0 fully saturated rings. The highest BCUT2D eigenvalue weighted by atomic mass is 35.5. The van der Waals surface area contributed by atoms with Gasteiger partial charge in [-0.1, -0.05) is 23.2 Å². The summed E-state index contributed by atoms with van der Waals surface area (Å²) in [5.41, 5.74) is 1.14. The van der Waals surface area contributed by atoms with E-state index in [-0.39, 0.29) is 10.7 Å². The fraction of sp³-hybridized carbons (Fsp3) is 0.182. The summed E-state index contributed by atoms with van der Waals surface area (Å²) in [4.78, 5) is 14.9. The van der Waals surface area contributed by atoms with Gasteiger partial charge in [0.25, 0.3) is 0 Å². The summed E-state index contributed by atoms with van der Waals surface area (Å²) in [5, 5.41) is 13.8. The largest absolute Gasteiger partial charge is 0.476 e. The zero-order chi connectivity index (χ0) is 13.4. The second kappa shape index (κ2) is 4.59. The van der Waals surface area contributed by atoms with Crippen LogP contribution in [0.2, 0.25) is 10.0 Å². The molecule has 0 atom stereocenters. The molecule has 18 heavy (non-hydrogen) atoms. The van der Waals surface area contributed by atoms with Crippen LogP contribution in [0.5, 0.6) is 0 Å². The van der Waals surface area contributed by atoms with Crippen LogP contribution < -0.4 is 0 Å². The maximum atomic E-state index is 11.0. The number of aryl methyl sites for hydroxylation is 1. The van der Waals surface area contributed by atoms with Crippen LogP contribution in [0.1, 0.15) is 21.9 Å². The van der Waals surface area contributed by atoms with E-state index in [1.54, 1.807) is 19.9 Å². The zero-order valence-electron chi connectivity index (χ0n) is 9.61.